The average Bonchev–Trinajstić information content (AvgIpc) is 2.48. The summed E-state index contributed by atoms with van der Waals surface area (Å²) in [5.41, 5.74) is 9.03. The summed E-state index contributed by atoms with van der Waals surface area (Å²) in [4.78, 5) is 12.5. The third-order valence-corrected chi connectivity index (χ3v) is 4.08. The van der Waals surface area contributed by atoms with E-state index in [2.05, 4.69) is 22.9 Å². The predicted octanol–water partition coefficient (Wildman–Crippen LogP) is 4.62. The minimum absolute atomic E-state index is 0.104. The fourth-order valence-electron chi connectivity index (χ4n) is 2.60. The van der Waals surface area contributed by atoms with Crippen LogP contribution in [0.4, 0.5) is 0 Å². The van der Waals surface area contributed by atoms with Crippen molar-refractivity contribution in [2.24, 2.45) is 11.7 Å². The lowest BCUT2D eigenvalue weighted by atomic mass is 9.90. The van der Waals surface area contributed by atoms with E-state index in [-0.39, 0.29) is 11.7 Å². The highest BCUT2D eigenvalue weighted by atomic mass is 79.9. The summed E-state index contributed by atoms with van der Waals surface area (Å²) in [5, 5.41) is 0.653. The van der Waals surface area contributed by atoms with E-state index >= 15 is 0 Å². The highest BCUT2D eigenvalue weighted by molar-refractivity contribution is 9.11. The molecule has 0 spiro atoms. The minimum atomic E-state index is -0.104. The van der Waals surface area contributed by atoms with Crippen LogP contribution in [0, 0.1) is 5.92 Å². The molecule has 2 nitrogen and oxygen atoms in total. The lowest BCUT2D eigenvalue weighted by Gasteiger charge is -2.16. The van der Waals surface area contributed by atoms with Crippen molar-refractivity contribution in [3.05, 3.63) is 56.2 Å². The van der Waals surface area contributed by atoms with Gasteiger partial charge in [-0.1, -0.05) is 34.5 Å². The molecule has 1 aromatic carbocycles. The smallest absolute Gasteiger partial charge is 0.209 e. The van der Waals surface area contributed by atoms with Crippen molar-refractivity contribution < 1.29 is 4.79 Å². The van der Waals surface area contributed by atoms with Gasteiger partial charge < -0.3 is 5.73 Å². The van der Waals surface area contributed by atoms with Crippen LogP contribution in [0.1, 0.15) is 36.2 Å². The Hall–Kier alpha value is -1.06. The molecule has 1 aliphatic rings. The van der Waals surface area contributed by atoms with Crippen molar-refractivity contribution in [1.82, 2.24) is 0 Å². The van der Waals surface area contributed by atoms with Crippen molar-refractivity contribution in [1.29, 1.82) is 0 Å². The molecule has 1 aliphatic carbocycles. The van der Waals surface area contributed by atoms with Crippen LogP contribution in [0.3, 0.4) is 0 Å². The zero-order valence-corrected chi connectivity index (χ0v) is 13.9. The second-order valence-electron chi connectivity index (χ2n) is 5.04. The van der Waals surface area contributed by atoms with E-state index in [0.717, 1.165) is 28.5 Å². The van der Waals surface area contributed by atoms with E-state index in [0.29, 0.717) is 16.3 Å². The normalized spacial score (nSPS) is 19.9. The van der Waals surface area contributed by atoms with Gasteiger partial charge in [0.15, 0.2) is 0 Å². The molecule has 0 saturated heterocycles. The van der Waals surface area contributed by atoms with Gasteiger partial charge in [-0.3, -0.25) is 4.79 Å². The first-order valence-electron chi connectivity index (χ1n) is 6.60. The summed E-state index contributed by atoms with van der Waals surface area (Å²) < 4.78 is 0.964. The Morgan fingerprint density at radius 3 is 2.85 bits per heavy atom. The molecular formula is C16H17BrClNO. The van der Waals surface area contributed by atoms with Crippen LogP contribution in [-0.2, 0) is 6.42 Å². The Morgan fingerprint density at radius 1 is 1.55 bits per heavy atom. The first kappa shape index (κ1) is 15.3. The molecule has 0 amide bonds. The first-order valence-corrected chi connectivity index (χ1v) is 7.77. The monoisotopic (exact) mass is 353 g/mol. The molecule has 0 radical (unpaired) electrons. The van der Waals surface area contributed by atoms with Gasteiger partial charge in [-0.2, -0.15) is 0 Å². The molecule has 4 heteroatoms. The molecule has 0 saturated carbocycles. The summed E-state index contributed by atoms with van der Waals surface area (Å²) >= 11 is 9.48. The van der Waals surface area contributed by atoms with Crippen LogP contribution in [0.5, 0.6) is 0 Å². The standard InChI is InChI=1S/C16H17BrClNO/c1-3-10-7-11-8-12(18)4-5-13(11)16(20)15(19)14(10)6-9(2)17/h4-6,8,10H,3,7,19H2,1-2H3/b9-6+. The molecule has 20 heavy (non-hydrogen) atoms. The molecule has 0 bridgehead atoms. The van der Waals surface area contributed by atoms with Gasteiger partial charge >= 0.3 is 0 Å². The van der Waals surface area contributed by atoms with Crippen LogP contribution in [0.25, 0.3) is 0 Å². The van der Waals surface area contributed by atoms with Crippen LogP contribution in [0.15, 0.2) is 40.0 Å². The van der Waals surface area contributed by atoms with Crippen molar-refractivity contribution >= 4 is 33.3 Å². The number of fused-ring (bicyclic) bond motifs is 1. The van der Waals surface area contributed by atoms with E-state index in [9.17, 15) is 4.79 Å². The fraction of sp³-hybridized carbons (Fsp3) is 0.312. The lowest BCUT2D eigenvalue weighted by Crippen LogP contribution is -2.15. The quantitative estimate of drug-likeness (QED) is 0.842. The van der Waals surface area contributed by atoms with Gasteiger partial charge in [0.1, 0.15) is 0 Å². The van der Waals surface area contributed by atoms with Gasteiger partial charge in [0.25, 0.3) is 0 Å². The largest absolute Gasteiger partial charge is 0.395 e. The van der Waals surface area contributed by atoms with E-state index < -0.39 is 0 Å². The summed E-state index contributed by atoms with van der Waals surface area (Å²) in [6, 6.07) is 5.38. The van der Waals surface area contributed by atoms with Gasteiger partial charge in [-0.15, -0.1) is 0 Å². The molecule has 0 heterocycles. The number of allylic oxidation sites excluding steroid dienone is 4. The first-order chi connectivity index (χ1) is 9.43. The van der Waals surface area contributed by atoms with Crippen molar-refractivity contribution in [2.75, 3.05) is 0 Å². The second kappa shape index (κ2) is 6.15. The minimum Gasteiger partial charge on any atom is -0.395 e. The number of hydrogen-bond donors (Lipinski definition) is 1. The number of ketones is 1. The maximum atomic E-state index is 12.5. The number of halogens is 2. The Kier molecular flexibility index (Phi) is 4.71. The highest BCUT2D eigenvalue weighted by Gasteiger charge is 2.26. The topological polar surface area (TPSA) is 43.1 Å². The molecule has 2 rings (SSSR count). The number of nitrogens with two attached hydrogens (primary N) is 1. The molecule has 0 fully saturated rings. The third-order valence-electron chi connectivity index (χ3n) is 3.62. The summed E-state index contributed by atoms with van der Waals surface area (Å²) in [6.07, 6.45) is 3.66. The molecule has 0 aromatic heterocycles. The maximum Gasteiger partial charge on any atom is 0.209 e. The zero-order chi connectivity index (χ0) is 14.9. The van der Waals surface area contributed by atoms with Gasteiger partial charge in [0.2, 0.25) is 5.78 Å². The maximum absolute atomic E-state index is 12.5. The number of carbonyl (C=O) groups is 1. The molecule has 1 unspecified atom stereocenters. The predicted molar refractivity (Wildman–Crippen MR) is 87.2 cm³/mol. The molecule has 106 valence electrons. The molecule has 2 N–H and O–H groups in total. The highest BCUT2D eigenvalue weighted by Crippen LogP contribution is 2.32. The Balaban J connectivity index is 2.61. The number of rotatable bonds is 2. The van der Waals surface area contributed by atoms with Gasteiger partial charge in [-0.25, -0.2) is 0 Å². The van der Waals surface area contributed by atoms with E-state index in [1.807, 2.05) is 19.1 Å². The van der Waals surface area contributed by atoms with Crippen LogP contribution in [0.2, 0.25) is 5.02 Å². The van der Waals surface area contributed by atoms with Crippen LogP contribution in [-0.4, -0.2) is 5.78 Å². The van der Waals surface area contributed by atoms with E-state index in [1.54, 1.807) is 12.1 Å². The SMILES string of the molecule is CCC1Cc2cc(Cl)ccc2C(=O)C(N)=C1/C=C(\C)Br. The molecular weight excluding hydrogens is 338 g/mol. The van der Waals surface area contributed by atoms with E-state index in [1.165, 1.54) is 0 Å². The summed E-state index contributed by atoms with van der Waals surface area (Å²) in [7, 11) is 0. The third kappa shape index (κ3) is 2.99. The summed E-state index contributed by atoms with van der Waals surface area (Å²) in [5.74, 6) is 0.124. The average molecular weight is 355 g/mol. The van der Waals surface area contributed by atoms with Crippen LogP contribution >= 0.6 is 27.5 Å². The fourth-order valence-corrected chi connectivity index (χ4v) is 3.04. The zero-order valence-electron chi connectivity index (χ0n) is 11.5. The lowest BCUT2D eigenvalue weighted by molar-refractivity contribution is 0.103. The molecule has 1 aromatic rings. The van der Waals surface area contributed by atoms with Gasteiger partial charge in [0, 0.05) is 10.6 Å². The Labute approximate surface area is 132 Å². The number of Topliss-reactive ketones (excluding diaryl/α,β-unsaturated/α-hetero) is 1. The second-order valence-corrected chi connectivity index (χ2v) is 6.73. The van der Waals surface area contributed by atoms with Crippen molar-refractivity contribution in [3.8, 4) is 0 Å². The molecule has 0 aliphatic heterocycles. The number of hydrogen-bond acceptors (Lipinski definition) is 2. The summed E-state index contributed by atoms with van der Waals surface area (Å²) in [6.45, 7) is 4.04. The van der Waals surface area contributed by atoms with E-state index in [4.69, 9.17) is 17.3 Å². The Bertz CT molecular complexity index is 615. The number of carbonyl (C=O) groups excluding carboxylic acids is 1. The van der Waals surface area contributed by atoms with Gasteiger partial charge in [-0.05, 0) is 65.6 Å². The van der Waals surface area contributed by atoms with Crippen molar-refractivity contribution in [3.63, 3.8) is 0 Å². The molecule has 1 atom stereocenters. The Morgan fingerprint density at radius 2 is 2.25 bits per heavy atom. The van der Waals surface area contributed by atoms with Gasteiger partial charge in [0.05, 0.1) is 5.70 Å². The number of benzene rings is 1. The van der Waals surface area contributed by atoms with Crippen molar-refractivity contribution in [2.45, 2.75) is 26.7 Å². The van der Waals surface area contributed by atoms with Crippen LogP contribution < -0.4 is 5.73 Å².